The van der Waals surface area contributed by atoms with Crippen LogP contribution in [-0.2, 0) is 0 Å². The van der Waals surface area contributed by atoms with Crippen LogP contribution in [0.2, 0.25) is 0 Å². The lowest BCUT2D eigenvalue weighted by Gasteiger charge is -2.38. The molecule has 26 heavy (non-hydrogen) atoms. The standard InChI is InChI=1S/C20H25N3O.2ClH/c1-12-4-7-18-16(10-12)17(11-19(22-18)15-5-6-15)20(24)23-9-8-21-13(2)14(23)3;;/h4,7,10-11,13-15,21H,5-6,8-9H2,1-3H3;2*1H. The Labute approximate surface area is 167 Å². The van der Waals surface area contributed by atoms with E-state index in [1.807, 2.05) is 4.90 Å². The molecule has 1 aromatic carbocycles. The summed E-state index contributed by atoms with van der Waals surface area (Å²) in [6.45, 7) is 7.96. The van der Waals surface area contributed by atoms with Gasteiger partial charge in [0.25, 0.3) is 5.91 Å². The van der Waals surface area contributed by atoms with Crippen LogP contribution in [0.1, 0.15) is 54.2 Å². The number of nitrogens with zero attached hydrogens (tertiary/aromatic N) is 2. The van der Waals surface area contributed by atoms with Crippen LogP contribution in [-0.4, -0.2) is 41.0 Å². The molecule has 1 aliphatic heterocycles. The number of aromatic nitrogens is 1. The molecule has 2 aromatic rings. The van der Waals surface area contributed by atoms with Gasteiger partial charge in [0.1, 0.15) is 0 Å². The maximum atomic E-state index is 13.3. The Bertz CT molecular complexity index is 807. The van der Waals surface area contributed by atoms with Crippen molar-refractivity contribution in [1.29, 1.82) is 0 Å². The molecule has 1 aliphatic carbocycles. The summed E-state index contributed by atoms with van der Waals surface area (Å²) >= 11 is 0. The number of hydrogen-bond acceptors (Lipinski definition) is 3. The van der Waals surface area contributed by atoms with Crippen molar-refractivity contribution in [3.05, 3.63) is 41.1 Å². The maximum absolute atomic E-state index is 13.3. The molecule has 1 aromatic heterocycles. The number of aryl methyl sites for hydroxylation is 1. The van der Waals surface area contributed by atoms with Crippen molar-refractivity contribution in [1.82, 2.24) is 15.2 Å². The highest BCUT2D eigenvalue weighted by Gasteiger charge is 2.31. The second-order valence-corrected chi connectivity index (χ2v) is 7.37. The van der Waals surface area contributed by atoms with Gasteiger partial charge in [-0.15, -0.1) is 24.8 Å². The average Bonchev–Trinajstić information content (AvgIpc) is 3.41. The number of benzene rings is 1. The summed E-state index contributed by atoms with van der Waals surface area (Å²) in [6, 6.07) is 8.81. The SMILES string of the molecule is Cc1ccc2nc(C3CC3)cc(C(=O)N3CCNC(C)C3C)c2c1.Cl.Cl. The highest BCUT2D eigenvalue weighted by Crippen LogP contribution is 2.40. The number of carbonyl (C=O) groups excluding carboxylic acids is 1. The monoisotopic (exact) mass is 395 g/mol. The summed E-state index contributed by atoms with van der Waals surface area (Å²) in [5.41, 5.74) is 4.03. The third kappa shape index (κ3) is 3.83. The molecule has 2 atom stereocenters. The predicted molar refractivity (Wildman–Crippen MR) is 111 cm³/mol. The van der Waals surface area contributed by atoms with Gasteiger partial charge in [-0.05, 0) is 51.8 Å². The molecule has 2 aliphatic rings. The second-order valence-electron chi connectivity index (χ2n) is 7.37. The number of carbonyl (C=O) groups is 1. The van der Waals surface area contributed by atoms with Gasteiger partial charge in [-0.1, -0.05) is 11.6 Å². The van der Waals surface area contributed by atoms with Crippen molar-refractivity contribution < 1.29 is 4.79 Å². The fraction of sp³-hybridized carbons (Fsp3) is 0.500. The normalized spacial score (nSPS) is 22.5. The second kappa shape index (κ2) is 8.12. The zero-order valence-electron chi connectivity index (χ0n) is 15.5. The van der Waals surface area contributed by atoms with Crippen molar-refractivity contribution in [3.63, 3.8) is 0 Å². The number of nitrogens with one attached hydrogen (secondary N) is 1. The summed E-state index contributed by atoms with van der Waals surface area (Å²) in [4.78, 5) is 20.2. The van der Waals surface area contributed by atoms with Gasteiger partial charge in [-0.3, -0.25) is 9.78 Å². The molecule has 1 saturated heterocycles. The first-order valence-electron chi connectivity index (χ1n) is 9.00. The molecule has 1 amide bonds. The van der Waals surface area contributed by atoms with Gasteiger partial charge in [-0.2, -0.15) is 0 Å². The van der Waals surface area contributed by atoms with Gasteiger partial charge < -0.3 is 10.2 Å². The summed E-state index contributed by atoms with van der Waals surface area (Å²) in [5, 5.41) is 4.44. The van der Waals surface area contributed by atoms with Crippen LogP contribution in [0.3, 0.4) is 0 Å². The molecule has 6 heteroatoms. The Morgan fingerprint density at radius 3 is 2.62 bits per heavy atom. The van der Waals surface area contributed by atoms with Gasteiger partial charge in [0.2, 0.25) is 0 Å². The minimum absolute atomic E-state index is 0. The quantitative estimate of drug-likeness (QED) is 0.832. The summed E-state index contributed by atoms with van der Waals surface area (Å²) in [5.74, 6) is 0.692. The van der Waals surface area contributed by atoms with Crippen LogP contribution in [0, 0.1) is 6.92 Å². The number of halogens is 2. The van der Waals surface area contributed by atoms with Crippen LogP contribution < -0.4 is 5.32 Å². The highest BCUT2D eigenvalue weighted by molar-refractivity contribution is 6.06. The van der Waals surface area contributed by atoms with E-state index in [0.29, 0.717) is 12.0 Å². The number of piperazine rings is 1. The van der Waals surface area contributed by atoms with E-state index in [2.05, 4.69) is 50.4 Å². The van der Waals surface area contributed by atoms with Crippen molar-refractivity contribution in [2.24, 2.45) is 0 Å². The van der Waals surface area contributed by atoms with Crippen LogP contribution in [0.5, 0.6) is 0 Å². The molecule has 0 bridgehead atoms. The Morgan fingerprint density at radius 2 is 1.92 bits per heavy atom. The van der Waals surface area contributed by atoms with Crippen LogP contribution in [0.15, 0.2) is 24.3 Å². The molecular weight excluding hydrogens is 369 g/mol. The van der Waals surface area contributed by atoms with Gasteiger partial charge in [0.05, 0.1) is 11.1 Å². The third-order valence-corrected chi connectivity index (χ3v) is 5.51. The molecule has 1 N–H and O–H groups in total. The first-order valence-corrected chi connectivity index (χ1v) is 9.00. The Kier molecular flexibility index (Phi) is 6.54. The number of amides is 1. The minimum Gasteiger partial charge on any atom is -0.333 e. The largest absolute Gasteiger partial charge is 0.333 e. The third-order valence-electron chi connectivity index (χ3n) is 5.51. The van der Waals surface area contributed by atoms with Gasteiger partial charge in [0.15, 0.2) is 0 Å². The first-order chi connectivity index (χ1) is 11.5. The average molecular weight is 396 g/mol. The van der Waals surface area contributed by atoms with Crippen LogP contribution in [0.25, 0.3) is 10.9 Å². The molecule has 0 radical (unpaired) electrons. The topological polar surface area (TPSA) is 45.2 Å². The zero-order valence-corrected chi connectivity index (χ0v) is 17.1. The van der Waals surface area contributed by atoms with Crippen molar-refractivity contribution in [2.75, 3.05) is 13.1 Å². The lowest BCUT2D eigenvalue weighted by atomic mass is 10.0. The molecule has 1 saturated carbocycles. The van der Waals surface area contributed by atoms with E-state index < -0.39 is 0 Å². The summed E-state index contributed by atoms with van der Waals surface area (Å²) < 4.78 is 0. The van der Waals surface area contributed by atoms with E-state index in [9.17, 15) is 4.79 Å². The van der Waals surface area contributed by atoms with Crippen molar-refractivity contribution in [2.45, 2.75) is 51.6 Å². The molecule has 0 spiro atoms. The molecule has 2 unspecified atom stereocenters. The van der Waals surface area contributed by atoms with E-state index in [1.165, 1.54) is 18.4 Å². The number of rotatable bonds is 2. The van der Waals surface area contributed by atoms with E-state index >= 15 is 0 Å². The van der Waals surface area contributed by atoms with E-state index in [-0.39, 0.29) is 36.8 Å². The van der Waals surface area contributed by atoms with Gasteiger partial charge in [0, 0.05) is 42.2 Å². The molecule has 2 heterocycles. The Balaban J connectivity index is 0.00000121. The number of fused-ring (bicyclic) bond motifs is 1. The smallest absolute Gasteiger partial charge is 0.254 e. The summed E-state index contributed by atoms with van der Waals surface area (Å²) in [6.07, 6.45) is 2.39. The molecule has 2 fully saturated rings. The molecule has 4 nitrogen and oxygen atoms in total. The maximum Gasteiger partial charge on any atom is 0.254 e. The Hall–Kier alpha value is -1.36. The van der Waals surface area contributed by atoms with Crippen molar-refractivity contribution >= 4 is 41.6 Å². The number of pyridine rings is 1. The lowest BCUT2D eigenvalue weighted by Crippen LogP contribution is -2.57. The predicted octanol–water partition coefficient (Wildman–Crippen LogP) is 4.09. The zero-order chi connectivity index (χ0) is 16.8. The fourth-order valence-electron chi connectivity index (χ4n) is 3.62. The minimum atomic E-state index is 0. The number of hydrogen-bond donors (Lipinski definition) is 1. The van der Waals surface area contributed by atoms with E-state index in [1.54, 1.807) is 0 Å². The van der Waals surface area contributed by atoms with E-state index in [4.69, 9.17) is 4.98 Å². The highest BCUT2D eigenvalue weighted by atomic mass is 35.5. The fourth-order valence-corrected chi connectivity index (χ4v) is 3.62. The van der Waals surface area contributed by atoms with Crippen LogP contribution in [0.4, 0.5) is 0 Å². The molecule has 142 valence electrons. The van der Waals surface area contributed by atoms with Gasteiger partial charge >= 0.3 is 0 Å². The van der Waals surface area contributed by atoms with Gasteiger partial charge in [-0.25, -0.2) is 0 Å². The molecule has 4 rings (SSSR count). The molecular formula is C20H27Cl2N3O. The Morgan fingerprint density at radius 1 is 1.19 bits per heavy atom. The first kappa shape index (κ1) is 20.9. The lowest BCUT2D eigenvalue weighted by molar-refractivity contribution is 0.0605. The van der Waals surface area contributed by atoms with Crippen molar-refractivity contribution in [3.8, 4) is 0 Å². The van der Waals surface area contributed by atoms with Crippen LogP contribution >= 0.6 is 24.8 Å². The summed E-state index contributed by atoms with van der Waals surface area (Å²) in [7, 11) is 0. The van der Waals surface area contributed by atoms with E-state index in [0.717, 1.165) is 35.2 Å².